The van der Waals surface area contributed by atoms with Crippen LogP contribution in [0.2, 0.25) is 0 Å². The highest BCUT2D eigenvalue weighted by atomic mass is 32.1. The van der Waals surface area contributed by atoms with E-state index in [9.17, 15) is 9.59 Å². The van der Waals surface area contributed by atoms with Crippen LogP contribution in [-0.2, 0) is 4.74 Å². The van der Waals surface area contributed by atoms with Crippen molar-refractivity contribution in [2.24, 2.45) is 0 Å². The average molecular weight is 241 g/mol. The second-order valence-electron chi connectivity index (χ2n) is 2.67. The van der Waals surface area contributed by atoms with Crippen LogP contribution in [0.5, 0.6) is 0 Å². The van der Waals surface area contributed by atoms with Crippen molar-refractivity contribution in [2.45, 2.75) is 0 Å². The number of hydrogen-bond donors (Lipinski definition) is 0. The van der Waals surface area contributed by atoms with Crippen LogP contribution in [0.3, 0.4) is 0 Å². The predicted octanol–water partition coefficient (Wildman–Crippen LogP) is 1.75. The van der Waals surface area contributed by atoms with E-state index in [1.807, 2.05) is 0 Å². The van der Waals surface area contributed by atoms with Gasteiger partial charge in [-0.1, -0.05) is 11.5 Å². The number of esters is 1. The van der Waals surface area contributed by atoms with Gasteiger partial charge in [0.2, 0.25) is 0 Å². The van der Waals surface area contributed by atoms with Gasteiger partial charge in [0.1, 0.15) is 9.88 Å². The zero-order valence-corrected chi connectivity index (χ0v) is 9.43. The SMILES string of the molecule is COC(=O)c1ccc(-n2sccc2=O)s1. The molecule has 2 heterocycles. The molecule has 0 aromatic carbocycles. The van der Waals surface area contributed by atoms with Gasteiger partial charge in [-0.15, -0.1) is 11.3 Å². The molecular weight excluding hydrogens is 234 g/mol. The van der Waals surface area contributed by atoms with Gasteiger partial charge >= 0.3 is 5.97 Å². The van der Waals surface area contributed by atoms with Crippen LogP contribution in [0.25, 0.3) is 5.00 Å². The highest BCUT2D eigenvalue weighted by molar-refractivity contribution is 7.17. The van der Waals surface area contributed by atoms with Gasteiger partial charge in [0, 0.05) is 11.4 Å². The highest BCUT2D eigenvalue weighted by Gasteiger charge is 2.10. The zero-order valence-electron chi connectivity index (χ0n) is 7.80. The van der Waals surface area contributed by atoms with Crippen molar-refractivity contribution in [1.82, 2.24) is 3.96 Å². The van der Waals surface area contributed by atoms with Crippen molar-refractivity contribution >= 4 is 28.8 Å². The fourth-order valence-electron chi connectivity index (χ4n) is 1.08. The molecule has 0 radical (unpaired) electrons. The molecule has 0 aliphatic heterocycles. The molecule has 0 amide bonds. The molecule has 0 N–H and O–H groups in total. The van der Waals surface area contributed by atoms with E-state index < -0.39 is 0 Å². The van der Waals surface area contributed by atoms with E-state index in [2.05, 4.69) is 4.74 Å². The molecule has 0 fully saturated rings. The first-order valence-electron chi connectivity index (χ1n) is 4.08. The Kier molecular flexibility index (Phi) is 2.70. The largest absolute Gasteiger partial charge is 0.465 e. The summed E-state index contributed by atoms with van der Waals surface area (Å²) in [5, 5.41) is 2.44. The first-order valence-corrected chi connectivity index (χ1v) is 5.73. The summed E-state index contributed by atoms with van der Waals surface area (Å²) in [6.07, 6.45) is 0. The van der Waals surface area contributed by atoms with E-state index in [-0.39, 0.29) is 11.5 Å². The Morgan fingerprint density at radius 3 is 2.80 bits per heavy atom. The quantitative estimate of drug-likeness (QED) is 0.752. The Hall–Kier alpha value is -1.40. The van der Waals surface area contributed by atoms with E-state index in [4.69, 9.17) is 0 Å². The van der Waals surface area contributed by atoms with E-state index in [0.717, 1.165) is 5.00 Å². The van der Waals surface area contributed by atoms with Crippen molar-refractivity contribution in [3.05, 3.63) is 38.8 Å². The summed E-state index contributed by atoms with van der Waals surface area (Å²) in [5.41, 5.74) is -0.0849. The summed E-state index contributed by atoms with van der Waals surface area (Å²) in [6, 6.07) is 4.87. The maximum absolute atomic E-state index is 11.3. The Morgan fingerprint density at radius 1 is 1.40 bits per heavy atom. The lowest BCUT2D eigenvalue weighted by molar-refractivity contribution is 0.0606. The van der Waals surface area contributed by atoms with Gasteiger partial charge in [-0.2, -0.15) is 0 Å². The van der Waals surface area contributed by atoms with Crippen molar-refractivity contribution in [3.8, 4) is 5.00 Å². The smallest absolute Gasteiger partial charge is 0.348 e. The zero-order chi connectivity index (χ0) is 10.8. The molecule has 15 heavy (non-hydrogen) atoms. The lowest BCUT2D eigenvalue weighted by Crippen LogP contribution is -2.07. The molecular formula is C9H7NO3S2. The molecule has 0 aliphatic carbocycles. The third-order valence-electron chi connectivity index (χ3n) is 1.76. The van der Waals surface area contributed by atoms with Crippen molar-refractivity contribution in [2.75, 3.05) is 7.11 Å². The number of carbonyl (C=O) groups is 1. The van der Waals surface area contributed by atoms with Gasteiger partial charge in [0.15, 0.2) is 0 Å². The van der Waals surface area contributed by atoms with Gasteiger partial charge in [0.25, 0.3) is 5.56 Å². The van der Waals surface area contributed by atoms with Gasteiger partial charge in [0.05, 0.1) is 7.11 Å². The first kappa shape index (κ1) is 10.1. The van der Waals surface area contributed by atoms with Gasteiger partial charge < -0.3 is 4.74 Å². The standard InChI is InChI=1S/C9H7NO3S2/c1-13-9(12)6-2-3-8(15-6)10-7(11)4-5-14-10/h2-5H,1H3. The fraction of sp³-hybridized carbons (Fsp3) is 0.111. The minimum absolute atomic E-state index is 0.0849. The molecule has 4 nitrogen and oxygen atoms in total. The summed E-state index contributed by atoms with van der Waals surface area (Å²) in [6.45, 7) is 0. The number of aromatic nitrogens is 1. The minimum Gasteiger partial charge on any atom is -0.465 e. The van der Waals surface area contributed by atoms with Gasteiger partial charge in [-0.25, -0.2) is 8.75 Å². The van der Waals surface area contributed by atoms with Crippen molar-refractivity contribution < 1.29 is 9.53 Å². The lowest BCUT2D eigenvalue weighted by Gasteiger charge is -1.93. The van der Waals surface area contributed by atoms with Crippen LogP contribution < -0.4 is 5.56 Å². The molecule has 78 valence electrons. The monoisotopic (exact) mass is 241 g/mol. The Labute approximate surface area is 93.5 Å². The normalized spacial score (nSPS) is 10.2. The Bertz CT molecular complexity index is 537. The van der Waals surface area contributed by atoms with E-state index in [0.29, 0.717) is 4.88 Å². The Balaban J connectivity index is 2.40. The third kappa shape index (κ3) is 1.86. The molecule has 0 saturated carbocycles. The van der Waals surface area contributed by atoms with Gasteiger partial charge in [-0.05, 0) is 12.1 Å². The number of carbonyl (C=O) groups excluding carboxylic acids is 1. The number of thiophene rings is 1. The van der Waals surface area contributed by atoms with Crippen LogP contribution in [0.15, 0.2) is 28.4 Å². The summed E-state index contributed by atoms with van der Waals surface area (Å²) in [5.74, 6) is -0.379. The molecule has 0 aliphatic rings. The van der Waals surface area contributed by atoms with Crippen LogP contribution in [-0.4, -0.2) is 17.0 Å². The highest BCUT2D eigenvalue weighted by Crippen LogP contribution is 2.21. The van der Waals surface area contributed by atoms with Crippen LogP contribution in [0.1, 0.15) is 9.67 Å². The third-order valence-corrected chi connectivity index (χ3v) is 3.77. The molecule has 6 heteroatoms. The predicted molar refractivity (Wildman–Crippen MR) is 59.1 cm³/mol. The molecule has 0 spiro atoms. The lowest BCUT2D eigenvalue weighted by atomic mass is 10.5. The number of hydrogen-bond acceptors (Lipinski definition) is 5. The number of nitrogens with zero attached hydrogens (tertiary/aromatic N) is 1. The topological polar surface area (TPSA) is 48.3 Å². The summed E-state index contributed by atoms with van der Waals surface area (Å²) in [7, 11) is 1.33. The van der Waals surface area contributed by atoms with Crippen molar-refractivity contribution in [3.63, 3.8) is 0 Å². The van der Waals surface area contributed by atoms with Gasteiger partial charge in [-0.3, -0.25) is 4.79 Å². The number of ether oxygens (including phenoxy) is 1. The Morgan fingerprint density at radius 2 is 2.20 bits per heavy atom. The average Bonchev–Trinajstić information content (AvgIpc) is 2.84. The number of rotatable bonds is 2. The van der Waals surface area contributed by atoms with Crippen LogP contribution in [0, 0.1) is 0 Å². The molecule has 0 atom stereocenters. The number of methoxy groups -OCH3 is 1. The molecule has 0 bridgehead atoms. The maximum Gasteiger partial charge on any atom is 0.348 e. The van der Waals surface area contributed by atoms with Crippen molar-refractivity contribution in [1.29, 1.82) is 0 Å². The maximum atomic E-state index is 11.3. The minimum atomic E-state index is -0.379. The van der Waals surface area contributed by atoms with E-state index in [1.165, 1.54) is 40.0 Å². The molecule has 0 unspecified atom stereocenters. The van der Waals surface area contributed by atoms with E-state index >= 15 is 0 Å². The second-order valence-corrected chi connectivity index (χ2v) is 4.58. The summed E-state index contributed by atoms with van der Waals surface area (Å²) in [4.78, 5) is 23.0. The first-order chi connectivity index (χ1) is 7.22. The van der Waals surface area contributed by atoms with Crippen LogP contribution >= 0.6 is 22.9 Å². The van der Waals surface area contributed by atoms with Crippen LogP contribution in [0.4, 0.5) is 0 Å². The molecule has 2 rings (SSSR count). The summed E-state index contributed by atoms with van der Waals surface area (Å²) >= 11 is 2.53. The summed E-state index contributed by atoms with van der Waals surface area (Å²) < 4.78 is 6.11. The fourth-order valence-corrected chi connectivity index (χ4v) is 2.78. The molecule has 0 saturated heterocycles. The second kappa shape index (κ2) is 4.00. The molecule has 2 aromatic rings. The molecule has 2 aromatic heterocycles. The van der Waals surface area contributed by atoms with E-state index in [1.54, 1.807) is 17.5 Å².